The first kappa shape index (κ1) is 27.2. The van der Waals surface area contributed by atoms with E-state index in [-0.39, 0.29) is 35.6 Å². The Morgan fingerprint density at radius 3 is 2.28 bits per heavy atom. The normalized spacial score (nSPS) is 21.6. The zero-order valence-corrected chi connectivity index (χ0v) is 21.1. The van der Waals surface area contributed by atoms with Crippen molar-refractivity contribution in [3.05, 3.63) is 59.4 Å². The van der Waals surface area contributed by atoms with Gasteiger partial charge in [0, 0.05) is 31.4 Å². The van der Waals surface area contributed by atoms with Crippen molar-refractivity contribution >= 4 is 5.69 Å². The van der Waals surface area contributed by atoms with E-state index in [4.69, 9.17) is 4.74 Å². The zero-order chi connectivity index (χ0) is 28.1. The van der Waals surface area contributed by atoms with E-state index in [9.17, 15) is 30.7 Å². The van der Waals surface area contributed by atoms with Crippen LogP contribution in [0.2, 0.25) is 0 Å². The number of alkyl halides is 6. The summed E-state index contributed by atoms with van der Waals surface area (Å²) in [4.78, 5) is 9.87. The molecule has 2 aliphatic rings. The number of ether oxygens (including phenoxy) is 1. The summed E-state index contributed by atoms with van der Waals surface area (Å²) in [5.74, 6) is -0.516. The van der Waals surface area contributed by atoms with Gasteiger partial charge in [-0.25, -0.2) is 9.07 Å². The van der Waals surface area contributed by atoms with Gasteiger partial charge in [0.15, 0.2) is 5.82 Å². The van der Waals surface area contributed by atoms with Gasteiger partial charge in [-0.1, -0.05) is 0 Å². The SMILES string of the molecule is CC(C)n1nc(CC2[C@@H]3CC[C@H]2CN(c2ccnc(C(F)(F)F)c2)C3)nc1Oc1ccc(F)c(C(F)(F)F)c1. The standard InChI is InChI=1S/C26H26F7N5O/c1-14(2)38-24(39-18-5-6-21(27)20(10-18)25(28,29)30)35-23(36-38)11-19-15-3-4-16(19)13-37(12-15)17-7-8-34-22(9-17)26(31,32)33/h5-10,14-16,19H,3-4,11-13H2,1-2H3/t15-,16+,19?. The number of hydrogen-bond acceptors (Lipinski definition) is 5. The molecule has 2 bridgehead atoms. The molecule has 2 fully saturated rings. The number of pyridine rings is 1. The third kappa shape index (κ3) is 5.67. The molecule has 1 saturated heterocycles. The maximum Gasteiger partial charge on any atom is 0.433 e. The zero-order valence-electron chi connectivity index (χ0n) is 21.1. The maximum absolute atomic E-state index is 13.7. The molecule has 13 heteroatoms. The Balaban J connectivity index is 1.32. The van der Waals surface area contributed by atoms with Crippen LogP contribution >= 0.6 is 0 Å². The second-order valence-corrected chi connectivity index (χ2v) is 10.4. The molecule has 2 aromatic heterocycles. The Hall–Kier alpha value is -3.38. The Labute approximate surface area is 219 Å². The molecule has 0 spiro atoms. The minimum atomic E-state index is -4.88. The molecule has 0 amide bonds. The van der Waals surface area contributed by atoms with E-state index < -0.39 is 29.4 Å². The minimum Gasteiger partial charge on any atom is -0.424 e. The van der Waals surface area contributed by atoms with E-state index in [1.165, 1.54) is 10.9 Å². The second-order valence-electron chi connectivity index (χ2n) is 10.4. The minimum absolute atomic E-state index is 0.000909. The number of nitrogens with zero attached hydrogens (tertiary/aromatic N) is 5. The molecule has 3 atom stereocenters. The molecule has 1 unspecified atom stereocenters. The summed E-state index contributed by atoms with van der Waals surface area (Å²) in [5.41, 5.74) is -1.87. The molecule has 5 rings (SSSR count). The molecule has 3 aromatic rings. The molecule has 1 aliphatic heterocycles. The topological polar surface area (TPSA) is 56.1 Å². The van der Waals surface area contributed by atoms with Crippen LogP contribution in [-0.2, 0) is 18.8 Å². The Bertz CT molecular complexity index is 1320. The average Bonchev–Trinajstić information content (AvgIpc) is 3.34. The highest BCUT2D eigenvalue weighted by atomic mass is 19.4. The highest BCUT2D eigenvalue weighted by Crippen LogP contribution is 2.45. The first-order valence-corrected chi connectivity index (χ1v) is 12.6. The second kappa shape index (κ2) is 9.98. The lowest BCUT2D eigenvalue weighted by Gasteiger charge is -2.39. The van der Waals surface area contributed by atoms with Gasteiger partial charge in [-0.05, 0) is 74.8 Å². The van der Waals surface area contributed by atoms with Crippen LogP contribution in [0.5, 0.6) is 11.8 Å². The fourth-order valence-electron chi connectivity index (χ4n) is 5.60. The van der Waals surface area contributed by atoms with Crippen molar-refractivity contribution in [1.29, 1.82) is 0 Å². The summed E-state index contributed by atoms with van der Waals surface area (Å²) in [5, 5.41) is 4.54. The molecule has 1 saturated carbocycles. The van der Waals surface area contributed by atoms with Crippen molar-refractivity contribution in [1.82, 2.24) is 19.7 Å². The van der Waals surface area contributed by atoms with E-state index in [2.05, 4.69) is 15.1 Å². The Morgan fingerprint density at radius 1 is 0.974 bits per heavy atom. The van der Waals surface area contributed by atoms with Gasteiger partial charge in [0.2, 0.25) is 0 Å². The predicted octanol–water partition coefficient (Wildman–Crippen LogP) is 6.93. The summed E-state index contributed by atoms with van der Waals surface area (Å²) >= 11 is 0. The van der Waals surface area contributed by atoms with Gasteiger partial charge in [-0.2, -0.15) is 36.4 Å². The molecule has 0 radical (unpaired) electrons. The van der Waals surface area contributed by atoms with Gasteiger partial charge in [-0.3, -0.25) is 4.98 Å². The van der Waals surface area contributed by atoms with Gasteiger partial charge in [0.25, 0.3) is 0 Å². The summed E-state index contributed by atoms with van der Waals surface area (Å²) < 4.78 is 99.7. The van der Waals surface area contributed by atoms with Gasteiger partial charge >= 0.3 is 18.4 Å². The van der Waals surface area contributed by atoms with Crippen molar-refractivity contribution < 1.29 is 35.5 Å². The number of hydrogen-bond donors (Lipinski definition) is 0. The third-order valence-electron chi connectivity index (χ3n) is 7.43. The fourth-order valence-corrected chi connectivity index (χ4v) is 5.60. The monoisotopic (exact) mass is 557 g/mol. The molecular weight excluding hydrogens is 531 g/mol. The number of piperidine rings is 1. The highest BCUT2D eigenvalue weighted by Gasteiger charge is 2.43. The molecule has 6 nitrogen and oxygen atoms in total. The number of benzene rings is 1. The van der Waals surface area contributed by atoms with E-state index >= 15 is 0 Å². The number of aromatic nitrogens is 4. The van der Waals surface area contributed by atoms with Gasteiger partial charge < -0.3 is 9.64 Å². The number of halogens is 7. The van der Waals surface area contributed by atoms with Gasteiger partial charge in [0.05, 0.1) is 11.6 Å². The van der Waals surface area contributed by atoms with Crippen LogP contribution in [0.15, 0.2) is 36.5 Å². The van der Waals surface area contributed by atoms with Crippen LogP contribution in [0, 0.1) is 23.6 Å². The first-order valence-electron chi connectivity index (χ1n) is 12.6. The summed E-state index contributed by atoms with van der Waals surface area (Å²) in [6.07, 6.45) is -5.87. The van der Waals surface area contributed by atoms with E-state index in [0.29, 0.717) is 43.2 Å². The summed E-state index contributed by atoms with van der Waals surface area (Å²) in [7, 11) is 0. The van der Waals surface area contributed by atoms with Gasteiger partial charge in [0.1, 0.15) is 17.3 Å². The van der Waals surface area contributed by atoms with Crippen molar-refractivity contribution in [3.63, 3.8) is 0 Å². The van der Waals surface area contributed by atoms with Crippen LogP contribution in [0.4, 0.5) is 36.4 Å². The van der Waals surface area contributed by atoms with Crippen molar-refractivity contribution in [2.75, 3.05) is 18.0 Å². The summed E-state index contributed by atoms with van der Waals surface area (Å²) in [6.45, 7) is 4.82. The van der Waals surface area contributed by atoms with E-state index in [0.717, 1.165) is 25.0 Å². The van der Waals surface area contributed by atoms with Crippen molar-refractivity contribution in [3.8, 4) is 11.8 Å². The predicted molar refractivity (Wildman–Crippen MR) is 127 cm³/mol. The Morgan fingerprint density at radius 2 is 1.67 bits per heavy atom. The highest BCUT2D eigenvalue weighted by molar-refractivity contribution is 5.48. The van der Waals surface area contributed by atoms with Crippen LogP contribution in [0.1, 0.15) is 49.8 Å². The lowest BCUT2D eigenvalue weighted by atomic mass is 9.82. The molecule has 39 heavy (non-hydrogen) atoms. The largest absolute Gasteiger partial charge is 0.433 e. The van der Waals surface area contributed by atoms with Gasteiger partial charge in [-0.15, -0.1) is 0 Å². The lowest BCUT2D eigenvalue weighted by molar-refractivity contribution is -0.141. The molecule has 3 heterocycles. The molecule has 210 valence electrons. The van der Waals surface area contributed by atoms with Crippen molar-refractivity contribution in [2.45, 2.75) is 51.5 Å². The van der Waals surface area contributed by atoms with E-state index in [1.54, 1.807) is 6.07 Å². The lowest BCUT2D eigenvalue weighted by Crippen LogP contribution is -2.43. The smallest absolute Gasteiger partial charge is 0.424 e. The number of rotatable bonds is 6. The summed E-state index contributed by atoms with van der Waals surface area (Å²) in [6, 6.07) is 4.84. The van der Waals surface area contributed by atoms with Crippen LogP contribution in [0.3, 0.4) is 0 Å². The third-order valence-corrected chi connectivity index (χ3v) is 7.43. The number of anilines is 1. The maximum atomic E-state index is 13.7. The van der Waals surface area contributed by atoms with Crippen molar-refractivity contribution in [2.24, 2.45) is 17.8 Å². The Kier molecular flexibility index (Phi) is 6.96. The average molecular weight is 558 g/mol. The molecule has 1 aromatic carbocycles. The number of fused-ring (bicyclic) bond motifs is 2. The van der Waals surface area contributed by atoms with Crippen LogP contribution < -0.4 is 9.64 Å². The van der Waals surface area contributed by atoms with Crippen LogP contribution in [-0.4, -0.2) is 32.8 Å². The molecular formula is C26H26F7N5O. The first-order chi connectivity index (χ1) is 18.3. The van der Waals surface area contributed by atoms with E-state index in [1.807, 2.05) is 18.7 Å². The molecule has 0 N–H and O–H groups in total. The molecule has 1 aliphatic carbocycles. The fraction of sp³-hybridized carbons (Fsp3) is 0.500. The van der Waals surface area contributed by atoms with Crippen LogP contribution in [0.25, 0.3) is 0 Å². The quantitative estimate of drug-likeness (QED) is 0.308.